The van der Waals surface area contributed by atoms with Crippen molar-refractivity contribution >= 4 is 52.9 Å². The minimum absolute atomic E-state index is 0. The Morgan fingerprint density at radius 1 is 1.03 bits per heavy atom. The molecule has 1 fully saturated rings. The molecule has 0 aliphatic carbocycles. The van der Waals surface area contributed by atoms with Gasteiger partial charge in [0.2, 0.25) is 11.8 Å². The predicted octanol–water partition coefficient (Wildman–Crippen LogP) is 4.02. The summed E-state index contributed by atoms with van der Waals surface area (Å²) in [7, 11) is 0. The number of rotatable bonds is 6. The van der Waals surface area contributed by atoms with Gasteiger partial charge in [-0.1, -0.05) is 23.7 Å². The fourth-order valence-electron chi connectivity index (χ4n) is 5.04. The van der Waals surface area contributed by atoms with Crippen molar-refractivity contribution in [3.05, 3.63) is 62.5 Å². The molecule has 208 valence electrons. The summed E-state index contributed by atoms with van der Waals surface area (Å²) in [6.45, 7) is 8.71. The molecule has 9 nitrogen and oxygen atoms in total. The first-order valence-corrected chi connectivity index (χ1v) is 14.1. The van der Waals surface area contributed by atoms with Crippen LogP contribution in [0.4, 0.5) is 0 Å². The van der Waals surface area contributed by atoms with Gasteiger partial charge in [-0.05, 0) is 51.4 Å². The summed E-state index contributed by atoms with van der Waals surface area (Å²) in [5.74, 6) is 1.52. The lowest BCUT2D eigenvalue weighted by atomic mass is 9.99. The number of aliphatic imine (C=N–C) groups is 1. The molecule has 2 aromatic heterocycles. The Morgan fingerprint density at radius 2 is 1.67 bits per heavy atom. The second-order valence-electron chi connectivity index (χ2n) is 9.76. The number of halogens is 2. The number of hydrogen-bond acceptors (Lipinski definition) is 7. The fraction of sp³-hybridized carbons (Fsp3) is 0.444. The zero-order valence-electron chi connectivity index (χ0n) is 22.3. The number of carbonyl (C=O) groups is 2. The van der Waals surface area contributed by atoms with Crippen LogP contribution >= 0.6 is 35.3 Å². The van der Waals surface area contributed by atoms with E-state index in [1.807, 2.05) is 41.0 Å². The van der Waals surface area contributed by atoms with E-state index in [1.165, 1.54) is 4.88 Å². The van der Waals surface area contributed by atoms with Crippen LogP contribution in [0.1, 0.15) is 58.5 Å². The van der Waals surface area contributed by atoms with E-state index in [9.17, 15) is 9.59 Å². The van der Waals surface area contributed by atoms with Crippen LogP contribution in [-0.2, 0) is 9.59 Å². The third-order valence-corrected chi connectivity index (χ3v) is 8.75. The normalized spacial score (nSPS) is 16.6. The maximum Gasteiger partial charge on any atom is 0.225 e. The van der Waals surface area contributed by atoms with Crippen LogP contribution in [0.3, 0.4) is 0 Å². The number of aromatic nitrogens is 3. The third-order valence-electron chi connectivity index (χ3n) is 7.30. The van der Waals surface area contributed by atoms with E-state index in [0.717, 1.165) is 33.2 Å². The number of nitrogens with zero attached hydrogens (tertiary/aromatic N) is 6. The van der Waals surface area contributed by atoms with Crippen LogP contribution in [0.15, 0.2) is 29.3 Å². The Labute approximate surface area is 243 Å². The molecule has 0 bridgehead atoms. The molecule has 1 aromatic carbocycles. The van der Waals surface area contributed by atoms with Gasteiger partial charge in [0.15, 0.2) is 5.82 Å². The summed E-state index contributed by atoms with van der Waals surface area (Å²) in [6, 6.07) is 7.15. The average Bonchev–Trinajstić information content (AvgIpc) is 3.39. The highest BCUT2D eigenvalue weighted by atomic mass is 35.5. The number of piperazine rings is 1. The van der Waals surface area contributed by atoms with Crippen molar-refractivity contribution in [2.75, 3.05) is 32.7 Å². The zero-order chi connectivity index (χ0) is 27.0. The first kappa shape index (κ1) is 29.2. The molecular weight excluding hydrogens is 557 g/mol. The first-order chi connectivity index (χ1) is 18.3. The quantitative estimate of drug-likeness (QED) is 0.467. The van der Waals surface area contributed by atoms with Crippen LogP contribution in [0.25, 0.3) is 5.00 Å². The van der Waals surface area contributed by atoms with Crippen LogP contribution in [0, 0.1) is 20.8 Å². The van der Waals surface area contributed by atoms with E-state index in [0.29, 0.717) is 56.4 Å². The van der Waals surface area contributed by atoms with E-state index >= 15 is 0 Å². The number of fused-ring (bicyclic) bond motifs is 3. The van der Waals surface area contributed by atoms with Gasteiger partial charge in [0.1, 0.15) is 16.9 Å². The van der Waals surface area contributed by atoms with Crippen molar-refractivity contribution in [2.24, 2.45) is 10.7 Å². The summed E-state index contributed by atoms with van der Waals surface area (Å²) in [5.41, 5.74) is 9.51. The highest BCUT2D eigenvalue weighted by Crippen LogP contribution is 2.39. The van der Waals surface area contributed by atoms with Crippen LogP contribution < -0.4 is 5.73 Å². The lowest BCUT2D eigenvalue weighted by Gasteiger charge is -2.35. The van der Waals surface area contributed by atoms with Crippen LogP contribution in [-0.4, -0.2) is 74.8 Å². The maximum absolute atomic E-state index is 13.5. The van der Waals surface area contributed by atoms with Crippen molar-refractivity contribution < 1.29 is 9.59 Å². The Kier molecular flexibility index (Phi) is 9.10. The van der Waals surface area contributed by atoms with Crippen molar-refractivity contribution in [3.8, 4) is 5.00 Å². The number of benzene rings is 1. The van der Waals surface area contributed by atoms with E-state index in [4.69, 9.17) is 22.3 Å². The number of nitrogens with two attached hydrogens (primary N) is 1. The Bertz CT molecular complexity index is 1390. The molecular formula is C27H33Cl2N7O2S. The molecule has 0 unspecified atom stereocenters. The summed E-state index contributed by atoms with van der Waals surface area (Å²) in [6.07, 6.45) is 1.30. The molecule has 1 saturated heterocycles. The van der Waals surface area contributed by atoms with Crippen molar-refractivity contribution in [1.82, 2.24) is 24.6 Å². The molecule has 0 radical (unpaired) electrons. The molecule has 4 heterocycles. The van der Waals surface area contributed by atoms with E-state index in [1.54, 1.807) is 11.3 Å². The molecule has 0 spiro atoms. The Hall–Kier alpha value is -2.79. The molecule has 2 aliphatic rings. The molecule has 2 N–H and O–H groups in total. The number of aryl methyl sites for hydroxylation is 2. The molecule has 0 saturated carbocycles. The largest absolute Gasteiger partial charge is 0.339 e. The van der Waals surface area contributed by atoms with Gasteiger partial charge in [-0.3, -0.25) is 19.1 Å². The Morgan fingerprint density at radius 3 is 2.31 bits per heavy atom. The van der Waals surface area contributed by atoms with Gasteiger partial charge >= 0.3 is 0 Å². The zero-order valence-corrected chi connectivity index (χ0v) is 24.7. The summed E-state index contributed by atoms with van der Waals surface area (Å²) in [4.78, 5) is 35.9. The van der Waals surface area contributed by atoms with E-state index < -0.39 is 6.04 Å². The van der Waals surface area contributed by atoms with Crippen molar-refractivity contribution in [3.63, 3.8) is 0 Å². The van der Waals surface area contributed by atoms with Gasteiger partial charge in [-0.25, -0.2) is 0 Å². The summed E-state index contributed by atoms with van der Waals surface area (Å²) < 4.78 is 2.05. The molecule has 2 aliphatic heterocycles. The molecule has 1 atom stereocenters. The first-order valence-electron chi connectivity index (χ1n) is 12.9. The molecule has 39 heavy (non-hydrogen) atoms. The minimum atomic E-state index is -0.502. The van der Waals surface area contributed by atoms with Crippen molar-refractivity contribution in [1.29, 1.82) is 0 Å². The standard InChI is InChI=1S/C27H32ClN7O2S.ClH/c1-16-17(2)38-27-24(16)25(19-6-8-20(28)9-7-19)30-21(26-32-31-18(3)35(26)27)15-23(37)34-13-11-33(12-14-34)22(36)5-4-10-29;/h6-9,21H,4-5,10-15,29H2,1-3H3;1H/t21-;/m0./s1. The van der Waals surface area contributed by atoms with Gasteiger partial charge in [0.25, 0.3) is 0 Å². The minimum Gasteiger partial charge on any atom is -0.339 e. The van der Waals surface area contributed by atoms with Gasteiger partial charge in [0.05, 0.1) is 12.1 Å². The number of amides is 2. The molecule has 12 heteroatoms. The van der Waals surface area contributed by atoms with E-state index in [-0.39, 0.29) is 30.6 Å². The SMILES string of the molecule is Cc1sc2c(c1C)C(c1ccc(Cl)cc1)=N[C@@H](CC(=O)N1CCN(C(=O)CCCN)CC1)c1nnc(C)n1-2.Cl. The van der Waals surface area contributed by atoms with Gasteiger partial charge in [-0.15, -0.1) is 33.9 Å². The van der Waals surface area contributed by atoms with Gasteiger partial charge in [-0.2, -0.15) is 0 Å². The van der Waals surface area contributed by atoms with Crippen LogP contribution in [0.5, 0.6) is 0 Å². The summed E-state index contributed by atoms with van der Waals surface area (Å²) >= 11 is 7.88. The van der Waals surface area contributed by atoms with Crippen LogP contribution in [0.2, 0.25) is 5.02 Å². The lowest BCUT2D eigenvalue weighted by Crippen LogP contribution is -2.50. The highest BCUT2D eigenvalue weighted by molar-refractivity contribution is 7.15. The Balaban J connectivity index is 0.00000353. The lowest BCUT2D eigenvalue weighted by molar-refractivity contribution is -0.139. The molecule has 3 aromatic rings. The topological polar surface area (TPSA) is 110 Å². The van der Waals surface area contributed by atoms with Gasteiger partial charge in [0, 0.05) is 53.6 Å². The molecule has 5 rings (SSSR count). The predicted molar refractivity (Wildman–Crippen MR) is 157 cm³/mol. The van der Waals surface area contributed by atoms with E-state index in [2.05, 4.69) is 28.6 Å². The second-order valence-corrected chi connectivity index (χ2v) is 11.4. The molecule has 2 amide bonds. The number of hydrogen-bond donors (Lipinski definition) is 1. The number of thiophene rings is 1. The third kappa shape index (κ3) is 5.75. The maximum atomic E-state index is 13.5. The monoisotopic (exact) mass is 589 g/mol. The highest BCUT2D eigenvalue weighted by Gasteiger charge is 2.34. The van der Waals surface area contributed by atoms with Gasteiger partial charge < -0.3 is 15.5 Å². The summed E-state index contributed by atoms with van der Waals surface area (Å²) in [5, 5.41) is 10.5. The average molecular weight is 591 g/mol. The van der Waals surface area contributed by atoms with Crippen molar-refractivity contribution in [2.45, 2.75) is 46.1 Å². The number of carbonyl (C=O) groups excluding carboxylic acids is 2. The fourth-order valence-corrected chi connectivity index (χ4v) is 6.38. The second kappa shape index (κ2) is 12.2. The smallest absolute Gasteiger partial charge is 0.225 e.